The highest BCUT2D eigenvalue weighted by molar-refractivity contribution is 5.92. The van der Waals surface area contributed by atoms with Crippen LogP contribution in [-0.2, 0) is 14.4 Å². The van der Waals surface area contributed by atoms with Gasteiger partial charge in [0.25, 0.3) is 0 Å². The van der Waals surface area contributed by atoms with Crippen molar-refractivity contribution in [3.8, 4) is 0 Å². The van der Waals surface area contributed by atoms with Crippen LogP contribution in [-0.4, -0.2) is 58.2 Å². The van der Waals surface area contributed by atoms with E-state index < -0.39 is 24.0 Å². The minimum absolute atomic E-state index is 0.187. The smallest absolute Gasteiger partial charge is 0.335 e. The van der Waals surface area contributed by atoms with Crippen molar-refractivity contribution in [3.63, 3.8) is 0 Å². The lowest BCUT2D eigenvalue weighted by Crippen LogP contribution is -2.80. The fourth-order valence-electron chi connectivity index (χ4n) is 2.68. The van der Waals surface area contributed by atoms with Gasteiger partial charge in [-0.05, 0) is 56.0 Å². The van der Waals surface area contributed by atoms with Gasteiger partial charge < -0.3 is 35.4 Å². The SMILES string of the molecule is O=C(O)c1ccc([NH2+]CC(O)CON=C(C2CC2)C2CC2)cc1.O=C([O-])/C=C\C(=O)O. The maximum atomic E-state index is 10.8. The number of aliphatic hydroxyl groups excluding tert-OH is 1. The second-order valence-corrected chi connectivity index (χ2v) is 7.37. The van der Waals surface area contributed by atoms with Gasteiger partial charge in [0.2, 0.25) is 0 Å². The van der Waals surface area contributed by atoms with Crippen molar-refractivity contribution in [3.05, 3.63) is 42.0 Å². The van der Waals surface area contributed by atoms with E-state index in [9.17, 15) is 24.6 Å². The molecule has 0 saturated heterocycles. The molecule has 5 N–H and O–H groups in total. The molecule has 0 radical (unpaired) electrons. The van der Waals surface area contributed by atoms with Crippen LogP contribution < -0.4 is 10.4 Å². The fourth-order valence-corrected chi connectivity index (χ4v) is 2.68. The first-order valence-corrected chi connectivity index (χ1v) is 9.92. The van der Waals surface area contributed by atoms with E-state index in [-0.39, 0.29) is 12.2 Å². The topological polar surface area (TPSA) is 173 Å². The Kier molecular flexibility index (Phi) is 9.16. The molecule has 0 aliphatic heterocycles. The lowest BCUT2D eigenvalue weighted by atomic mass is 10.2. The summed E-state index contributed by atoms with van der Waals surface area (Å²) < 4.78 is 0. The van der Waals surface area contributed by atoms with Crippen LogP contribution in [0, 0.1) is 11.8 Å². The number of hydrogen-bond donors (Lipinski definition) is 4. The Morgan fingerprint density at radius 3 is 2.10 bits per heavy atom. The summed E-state index contributed by atoms with van der Waals surface area (Å²) in [7, 11) is 0. The van der Waals surface area contributed by atoms with Gasteiger partial charge >= 0.3 is 11.9 Å². The molecule has 0 aromatic heterocycles. The van der Waals surface area contributed by atoms with Crippen molar-refractivity contribution in [2.45, 2.75) is 31.8 Å². The van der Waals surface area contributed by atoms with Crippen LogP contribution >= 0.6 is 0 Å². The van der Waals surface area contributed by atoms with E-state index in [1.54, 1.807) is 24.3 Å². The molecule has 1 atom stereocenters. The Morgan fingerprint density at radius 1 is 1.10 bits per heavy atom. The molecule has 10 nitrogen and oxygen atoms in total. The van der Waals surface area contributed by atoms with E-state index in [0.29, 0.717) is 30.5 Å². The molecule has 0 amide bonds. The van der Waals surface area contributed by atoms with E-state index in [1.807, 2.05) is 5.32 Å². The molecule has 2 saturated carbocycles. The summed E-state index contributed by atoms with van der Waals surface area (Å²) >= 11 is 0. The molecule has 168 valence electrons. The van der Waals surface area contributed by atoms with E-state index in [2.05, 4.69) is 5.16 Å². The monoisotopic (exact) mass is 434 g/mol. The molecule has 0 spiro atoms. The van der Waals surface area contributed by atoms with E-state index >= 15 is 0 Å². The van der Waals surface area contributed by atoms with Gasteiger partial charge in [-0.15, -0.1) is 0 Å². The van der Waals surface area contributed by atoms with Crippen LogP contribution in [0.15, 0.2) is 41.6 Å². The third-order valence-electron chi connectivity index (χ3n) is 4.57. The summed E-state index contributed by atoms with van der Waals surface area (Å²) in [6.45, 7) is 0.636. The van der Waals surface area contributed by atoms with Crippen LogP contribution in [0.1, 0.15) is 36.0 Å². The predicted molar refractivity (Wildman–Crippen MR) is 106 cm³/mol. The Labute approximate surface area is 178 Å². The Balaban J connectivity index is 0.000000366. The molecule has 1 aromatic carbocycles. The van der Waals surface area contributed by atoms with E-state index in [0.717, 1.165) is 5.69 Å². The van der Waals surface area contributed by atoms with Crippen LogP contribution in [0.5, 0.6) is 0 Å². The Bertz CT molecular complexity index is 796. The van der Waals surface area contributed by atoms with Crippen LogP contribution in [0.3, 0.4) is 0 Å². The number of hydrogen-bond acceptors (Lipinski definition) is 7. The quantitative estimate of drug-likeness (QED) is 0.156. The van der Waals surface area contributed by atoms with Gasteiger partial charge in [0.05, 0.1) is 17.2 Å². The number of carbonyl (C=O) groups is 3. The number of carboxylic acid groups (broad SMARTS) is 3. The standard InChI is InChI=1S/C17H22N2O4.C4H4O4/c20-15(9-18-14-7-5-13(6-8-14)17(21)22)10-23-19-16(11-1-2-11)12-3-4-12;5-3(6)1-2-4(7)8/h5-8,11-12,15,18,20H,1-4,9-10H2,(H,21,22);1-2H,(H,5,6)(H,7,8)/b;2-1-. The average Bonchev–Trinajstić information content (AvgIpc) is 3.62. The fraction of sp³-hybridized carbons (Fsp3) is 0.429. The number of rotatable bonds is 11. The highest BCUT2D eigenvalue weighted by Gasteiger charge is 2.38. The normalized spacial score (nSPS) is 16.0. The van der Waals surface area contributed by atoms with E-state index in [1.165, 1.54) is 31.4 Å². The summed E-state index contributed by atoms with van der Waals surface area (Å²) in [6.07, 6.45) is 5.22. The van der Waals surface area contributed by atoms with Gasteiger partial charge in [-0.1, -0.05) is 5.16 Å². The zero-order valence-corrected chi connectivity index (χ0v) is 16.8. The average molecular weight is 434 g/mol. The number of carboxylic acids is 3. The number of benzene rings is 1. The Morgan fingerprint density at radius 2 is 1.68 bits per heavy atom. The lowest BCUT2D eigenvalue weighted by Gasteiger charge is -2.09. The lowest BCUT2D eigenvalue weighted by molar-refractivity contribution is -0.580. The molecule has 1 unspecified atom stereocenters. The first-order chi connectivity index (χ1) is 14.8. The molecule has 0 bridgehead atoms. The van der Waals surface area contributed by atoms with Gasteiger partial charge in [-0.3, -0.25) is 0 Å². The highest BCUT2D eigenvalue weighted by Crippen LogP contribution is 2.42. The van der Waals surface area contributed by atoms with Crippen LogP contribution in [0.4, 0.5) is 5.69 Å². The zero-order valence-electron chi connectivity index (χ0n) is 16.8. The number of carbonyl (C=O) groups excluding carboxylic acids is 1. The minimum atomic E-state index is -1.51. The van der Waals surface area contributed by atoms with Crippen LogP contribution in [0.2, 0.25) is 0 Å². The third-order valence-corrected chi connectivity index (χ3v) is 4.57. The van der Waals surface area contributed by atoms with Gasteiger partial charge in [0, 0.05) is 17.9 Å². The van der Waals surface area contributed by atoms with Gasteiger partial charge in [-0.2, -0.15) is 0 Å². The molecule has 1 aromatic rings. The van der Waals surface area contributed by atoms with Crippen molar-refractivity contribution in [1.29, 1.82) is 0 Å². The number of nitrogens with zero attached hydrogens (tertiary/aromatic N) is 1. The molecule has 31 heavy (non-hydrogen) atoms. The Hall–Kier alpha value is -3.24. The minimum Gasteiger partial charge on any atom is -0.545 e. The maximum Gasteiger partial charge on any atom is 0.335 e. The number of nitrogens with two attached hydrogens (primary N) is 1. The van der Waals surface area contributed by atoms with E-state index in [4.69, 9.17) is 15.1 Å². The summed E-state index contributed by atoms with van der Waals surface area (Å²) in [6, 6.07) is 6.57. The van der Waals surface area contributed by atoms with Crippen LogP contribution in [0.25, 0.3) is 0 Å². The number of aliphatic carboxylic acids is 2. The number of quaternary nitrogens is 1. The highest BCUT2D eigenvalue weighted by atomic mass is 16.6. The molecule has 3 rings (SSSR count). The van der Waals surface area contributed by atoms with Gasteiger partial charge in [0.15, 0.2) is 0 Å². The van der Waals surface area contributed by atoms with Gasteiger partial charge in [-0.25, -0.2) is 9.59 Å². The molecule has 10 heteroatoms. The molecular weight excluding hydrogens is 408 g/mol. The second kappa shape index (κ2) is 11.8. The maximum absolute atomic E-state index is 10.8. The number of aromatic carboxylic acids is 1. The van der Waals surface area contributed by atoms with Crippen molar-refractivity contribution >= 4 is 29.3 Å². The number of aliphatic hydroxyl groups is 1. The zero-order chi connectivity index (χ0) is 22.8. The molecule has 2 fully saturated rings. The first kappa shape index (κ1) is 24.0. The van der Waals surface area contributed by atoms with Crippen molar-refractivity contribution in [2.75, 3.05) is 13.2 Å². The second-order valence-electron chi connectivity index (χ2n) is 7.37. The summed E-state index contributed by atoms with van der Waals surface area (Å²) in [4.78, 5) is 35.1. The largest absolute Gasteiger partial charge is 0.545 e. The predicted octanol–water partition coefficient (Wildman–Crippen LogP) is -0.490. The van der Waals surface area contributed by atoms with Crippen molar-refractivity contribution < 1.29 is 45.0 Å². The molecule has 2 aliphatic rings. The third kappa shape index (κ3) is 9.87. The summed E-state index contributed by atoms with van der Waals surface area (Å²) in [5.41, 5.74) is 2.34. The van der Waals surface area contributed by atoms with Crippen molar-refractivity contribution in [1.82, 2.24) is 0 Å². The van der Waals surface area contributed by atoms with Gasteiger partial charge in [0.1, 0.15) is 24.9 Å². The van der Waals surface area contributed by atoms with Crippen molar-refractivity contribution in [2.24, 2.45) is 17.0 Å². The molecule has 0 heterocycles. The summed E-state index contributed by atoms with van der Waals surface area (Å²) in [5, 5.41) is 42.1. The molecule has 2 aliphatic carbocycles. The number of oxime groups is 1. The summed E-state index contributed by atoms with van der Waals surface area (Å²) in [5.74, 6) is -2.50. The first-order valence-electron chi connectivity index (χ1n) is 9.92. The molecular formula is C21H26N2O8.